The molecular weight excluding hydrogens is 916 g/mol. The van der Waals surface area contributed by atoms with Gasteiger partial charge in [-0.2, -0.15) is 9.29 Å². The number of aromatic nitrogens is 2. The molecule has 0 radical (unpaired) electrons. The van der Waals surface area contributed by atoms with Crippen molar-refractivity contribution in [2.24, 2.45) is 5.92 Å². The van der Waals surface area contributed by atoms with Gasteiger partial charge in [-0.15, -0.1) is 0 Å². The zero-order valence-corrected chi connectivity index (χ0v) is 41.1. The lowest BCUT2D eigenvalue weighted by Gasteiger charge is -2.21. The van der Waals surface area contributed by atoms with E-state index in [1.165, 1.54) is 31.7 Å². The van der Waals surface area contributed by atoms with Crippen LogP contribution in [0, 0.1) is 5.92 Å². The number of carbonyl (C=O) groups excluding carboxylic acids is 2. The highest BCUT2D eigenvalue weighted by atomic mass is 31.3. The van der Waals surface area contributed by atoms with Gasteiger partial charge in [0.15, 0.2) is 12.3 Å². The summed E-state index contributed by atoms with van der Waals surface area (Å²) in [4.78, 5) is 61.7. The van der Waals surface area contributed by atoms with Crippen LogP contribution in [0.5, 0.6) is 0 Å². The monoisotopic (exact) mass is 993 g/mol. The van der Waals surface area contributed by atoms with E-state index >= 15 is 0 Å². The fraction of sp³-hybridized carbons (Fsp3) is 0.733. The van der Waals surface area contributed by atoms with Gasteiger partial charge in [0.1, 0.15) is 30.7 Å². The molecule has 5 unspecified atom stereocenters. The van der Waals surface area contributed by atoms with Crippen LogP contribution in [0.15, 0.2) is 53.5 Å². The minimum Gasteiger partial charge on any atom is -0.462 e. The largest absolute Gasteiger partial charge is 0.481 e. The van der Waals surface area contributed by atoms with Gasteiger partial charge in [0.05, 0.1) is 25.4 Å². The lowest BCUT2D eigenvalue weighted by atomic mass is 10.00. The molecule has 1 aliphatic rings. The molecule has 1 fully saturated rings. The van der Waals surface area contributed by atoms with E-state index in [1.54, 1.807) is 6.08 Å². The Hall–Kier alpha value is -3.10. The van der Waals surface area contributed by atoms with Gasteiger partial charge in [-0.3, -0.25) is 23.2 Å². The van der Waals surface area contributed by atoms with E-state index < -0.39 is 95.9 Å². The van der Waals surface area contributed by atoms with Gasteiger partial charge < -0.3 is 50.2 Å². The third-order valence-corrected chi connectivity index (χ3v) is 13.6. The number of anilines is 1. The Morgan fingerprint density at radius 3 is 2.15 bits per heavy atom. The summed E-state index contributed by atoms with van der Waals surface area (Å²) in [5, 5.41) is 41.7. The maximum absolute atomic E-state index is 12.8. The summed E-state index contributed by atoms with van der Waals surface area (Å²) < 4.78 is 56.3. The van der Waals surface area contributed by atoms with E-state index in [4.69, 9.17) is 29.0 Å². The summed E-state index contributed by atoms with van der Waals surface area (Å²) in [7, 11) is -10.9. The molecule has 0 aliphatic carbocycles. The van der Waals surface area contributed by atoms with Crippen molar-refractivity contribution >= 4 is 33.4 Å². The smallest absolute Gasteiger partial charge is 0.462 e. The van der Waals surface area contributed by atoms with Gasteiger partial charge in [0, 0.05) is 19.0 Å². The van der Waals surface area contributed by atoms with Crippen LogP contribution < -0.4 is 11.4 Å². The van der Waals surface area contributed by atoms with Gasteiger partial charge in [-0.1, -0.05) is 115 Å². The first-order chi connectivity index (χ1) is 31.9. The van der Waals surface area contributed by atoms with Crippen molar-refractivity contribution in [2.45, 2.75) is 186 Å². The molecule has 1 saturated heterocycles. The summed E-state index contributed by atoms with van der Waals surface area (Å²) in [6.45, 7) is 4.02. The molecule has 67 heavy (non-hydrogen) atoms. The number of hydrogen-bond acceptors (Lipinski definition) is 17. The van der Waals surface area contributed by atoms with E-state index in [0.29, 0.717) is 18.8 Å². The standard InChI is InChI=1S/C45H77N3O17P2/c1-4-6-7-8-9-10-11-12-13-14-18-21-25-36(49)37(50)26-23-28-40(51)60-31-35(63-41(52)27-22-19-16-15-17-20-24-34(3)5-2)32-61-66(56,57)65-67(58,59)62-33-38-42(53)43(54)44(64-38)48-30-29-39(46)47-45(48)55/h9-10,12-13,18,21,29-30,34-38,42-44,49-50,53-54H,4-8,11,14-17,19-20,22-28,31-33H2,1-3H3,(H,56,57)(H,58,59)(H2,46,47,55)/b10-9-,13-12-,21-18-/t34?,35-,36?,37?,38-,42-,43-,44-/m1/s1. The van der Waals surface area contributed by atoms with Crippen molar-refractivity contribution in [3.05, 3.63) is 59.2 Å². The first-order valence-electron chi connectivity index (χ1n) is 23.6. The summed E-state index contributed by atoms with van der Waals surface area (Å²) >= 11 is 0. The van der Waals surface area contributed by atoms with Crippen molar-refractivity contribution in [3.8, 4) is 0 Å². The molecule has 384 valence electrons. The zero-order chi connectivity index (χ0) is 49.7. The molecule has 22 heteroatoms. The molecule has 2 heterocycles. The van der Waals surface area contributed by atoms with Gasteiger partial charge in [-0.25, -0.2) is 13.9 Å². The second-order valence-corrected chi connectivity index (χ2v) is 19.9. The summed E-state index contributed by atoms with van der Waals surface area (Å²) in [5.74, 6) is -0.915. The average Bonchev–Trinajstić information content (AvgIpc) is 3.55. The number of phosphoric ester groups is 2. The Kier molecular flexibility index (Phi) is 30.0. The van der Waals surface area contributed by atoms with Crippen molar-refractivity contribution < 1.29 is 76.5 Å². The van der Waals surface area contributed by atoms with E-state index in [0.717, 1.165) is 62.1 Å². The lowest BCUT2D eigenvalue weighted by molar-refractivity contribution is -0.161. The third-order valence-electron chi connectivity index (χ3n) is 11.0. The first kappa shape index (κ1) is 60.0. The van der Waals surface area contributed by atoms with Crippen LogP contribution in [-0.4, -0.2) is 108 Å². The van der Waals surface area contributed by atoms with E-state index in [-0.39, 0.29) is 37.9 Å². The van der Waals surface area contributed by atoms with Crippen molar-refractivity contribution in [1.82, 2.24) is 9.55 Å². The number of allylic oxidation sites excluding steroid dienone is 5. The van der Waals surface area contributed by atoms with Crippen LogP contribution in [0.4, 0.5) is 5.82 Å². The number of ether oxygens (including phenoxy) is 3. The molecule has 0 bridgehead atoms. The van der Waals surface area contributed by atoms with Crippen molar-refractivity contribution in [3.63, 3.8) is 0 Å². The van der Waals surface area contributed by atoms with Crippen LogP contribution in [0.1, 0.15) is 149 Å². The number of aliphatic hydroxyl groups excluding tert-OH is 4. The number of carbonyl (C=O) groups is 2. The number of aliphatic hydroxyl groups is 4. The van der Waals surface area contributed by atoms with Crippen LogP contribution in [0.25, 0.3) is 0 Å². The fourth-order valence-electron chi connectivity index (χ4n) is 6.74. The molecule has 1 aromatic rings. The molecule has 20 nitrogen and oxygen atoms in total. The molecule has 0 saturated carbocycles. The predicted octanol–water partition coefficient (Wildman–Crippen LogP) is 6.63. The number of unbranched alkanes of at least 4 members (excludes halogenated alkanes) is 8. The zero-order valence-electron chi connectivity index (χ0n) is 39.3. The van der Waals surface area contributed by atoms with Gasteiger partial charge in [0.25, 0.3) is 0 Å². The van der Waals surface area contributed by atoms with E-state index in [9.17, 15) is 53.7 Å². The minimum atomic E-state index is -5.48. The Labute approximate surface area is 394 Å². The van der Waals surface area contributed by atoms with E-state index in [1.807, 2.05) is 12.2 Å². The van der Waals surface area contributed by atoms with Gasteiger partial charge >= 0.3 is 33.3 Å². The van der Waals surface area contributed by atoms with Crippen LogP contribution in [0.2, 0.25) is 0 Å². The quantitative estimate of drug-likeness (QED) is 0.0159. The number of nitrogens with two attached hydrogens (primary N) is 1. The minimum absolute atomic E-state index is 0.0125. The van der Waals surface area contributed by atoms with Crippen LogP contribution in [-0.2, 0) is 46.3 Å². The highest BCUT2D eigenvalue weighted by Gasteiger charge is 2.46. The summed E-state index contributed by atoms with van der Waals surface area (Å²) in [5.41, 5.74) is 4.55. The normalized spacial score (nSPS) is 21.3. The second kappa shape index (κ2) is 33.4. The Balaban J connectivity index is 1.88. The second-order valence-electron chi connectivity index (χ2n) is 16.8. The number of nitrogen functional groups attached to an aromatic ring is 1. The molecule has 1 aliphatic heterocycles. The summed E-state index contributed by atoms with van der Waals surface area (Å²) in [6, 6.07) is 1.23. The highest BCUT2D eigenvalue weighted by molar-refractivity contribution is 7.61. The maximum Gasteiger partial charge on any atom is 0.481 e. The van der Waals surface area contributed by atoms with Gasteiger partial charge in [-0.05, 0) is 63.4 Å². The average molecular weight is 994 g/mol. The SMILES string of the molecule is CCCCC/C=C\C/C=C\C/C=C\CC(O)C(O)CCCC(=O)OC[C@H](COP(=O)(O)OP(=O)(O)OC[C@H]1O[C@@H](n2ccc(N)nc2=O)[C@H](O)[C@@H]1O)OC(=O)CCCCCCCCC(C)CC. The van der Waals surface area contributed by atoms with Crippen LogP contribution >= 0.6 is 15.6 Å². The Morgan fingerprint density at radius 2 is 1.46 bits per heavy atom. The Morgan fingerprint density at radius 1 is 0.821 bits per heavy atom. The predicted molar refractivity (Wildman–Crippen MR) is 250 cm³/mol. The van der Waals surface area contributed by atoms with Crippen molar-refractivity contribution in [2.75, 3.05) is 25.6 Å². The van der Waals surface area contributed by atoms with Gasteiger partial charge in [0.2, 0.25) is 0 Å². The number of phosphoric acid groups is 2. The van der Waals surface area contributed by atoms with E-state index in [2.05, 4.69) is 48.3 Å². The third kappa shape index (κ3) is 26.5. The fourth-order valence-corrected chi connectivity index (χ4v) is 8.85. The Bertz CT molecular complexity index is 1810. The number of rotatable bonds is 37. The van der Waals surface area contributed by atoms with Crippen molar-refractivity contribution in [1.29, 1.82) is 0 Å². The molecule has 10 atom stereocenters. The highest BCUT2D eigenvalue weighted by Crippen LogP contribution is 2.60. The number of nitrogens with zero attached hydrogens (tertiary/aromatic N) is 2. The lowest BCUT2D eigenvalue weighted by Crippen LogP contribution is -2.36. The first-order valence-corrected chi connectivity index (χ1v) is 26.6. The maximum atomic E-state index is 12.8. The molecular formula is C45H77N3O17P2. The molecule has 8 N–H and O–H groups in total. The molecule has 1 aromatic heterocycles. The molecule has 0 amide bonds. The topological polar surface area (TPSA) is 306 Å². The molecule has 0 spiro atoms. The van der Waals surface area contributed by atoms with Crippen LogP contribution in [0.3, 0.4) is 0 Å². The summed E-state index contributed by atoms with van der Waals surface area (Å²) in [6.07, 6.45) is 17.3. The molecule has 2 rings (SSSR count). The molecule has 0 aromatic carbocycles. The number of esters is 2. The number of hydrogen-bond donors (Lipinski definition) is 7.